The Bertz CT molecular complexity index is 680. The van der Waals surface area contributed by atoms with Crippen molar-refractivity contribution < 1.29 is 56.1 Å². The summed E-state index contributed by atoms with van der Waals surface area (Å²) in [6, 6.07) is 8.46. The molecule has 23 heavy (non-hydrogen) atoms. The van der Waals surface area contributed by atoms with Crippen molar-refractivity contribution in [2.24, 2.45) is 0 Å². The predicted molar refractivity (Wildman–Crippen MR) is 83.1 cm³/mol. The van der Waals surface area contributed by atoms with Gasteiger partial charge in [-0.05, 0) is 12.8 Å². The molecule has 0 spiro atoms. The van der Waals surface area contributed by atoms with Crippen LogP contribution in [-0.4, -0.2) is 11.7 Å². The van der Waals surface area contributed by atoms with Crippen molar-refractivity contribution in [3.63, 3.8) is 0 Å². The molecule has 0 heterocycles. The van der Waals surface area contributed by atoms with Crippen molar-refractivity contribution in [2.75, 3.05) is 6.61 Å². The summed E-state index contributed by atoms with van der Waals surface area (Å²) in [7, 11) is 0. The fourth-order valence-corrected chi connectivity index (χ4v) is 2.96. The minimum atomic E-state index is 0. The zero-order valence-corrected chi connectivity index (χ0v) is 17.3. The summed E-state index contributed by atoms with van der Waals surface area (Å²) in [5.41, 5.74) is 8.92. The number of halogens is 2. The number of hydrogen-bond acceptors (Lipinski definition) is 1. The van der Waals surface area contributed by atoms with Crippen LogP contribution in [-0.2, 0) is 26.2 Å². The molecule has 1 nitrogen and oxygen atoms in total. The van der Waals surface area contributed by atoms with Crippen LogP contribution in [0.25, 0.3) is 5.57 Å². The van der Waals surface area contributed by atoms with Crippen molar-refractivity contribution in [1.29, 1.82) is 0 Å². The fraction of sp³-hybridized carbons (Fsp3) is 0.263. The van der Waals surface area contributed by atoms with Crippen LogP contribution in [0, 0.1) is 6.08 Å². The number of fused-ring (bicyclic) bond motifs is 1. The first-order valence-corrected chi connectivity index (χ1v) is 7.12. The number of hydrogen-bond donors (Lipinski definition) is 1. The quantitative estimate of drug-likeness (QED) is 0.568. The van der Waals surface area contributed by atoms with Crippen LogP contribution < -0.4 is 24.8 Å². The van der Waals surface area contributed by atoms with E-state index in [0.717, 1.165) is 12.8 Å². The molecule has 3 rings (SSSR count). The zero-order chi connectivity index (χ0) is 14.1. The molecule has 0 amide bonds. The van der Waals surface area contributed by atoms with Gasteiger partial charge in [0, 0.05) is 6.61 Å². The molecule has 0 aromatic heterocycles. The maximum absolute atomic E-state index is 9.06. The van der Waals surface area contributed by atoms with E-state index in [4.69, 9.17) is 5.11 Å². The number of aliphatic hydroxyl groups is 1. The van der Waals surface area contributed by atoms with Crippen LogP contribution in [0.2, 0.25) is 0 Å². The molecule has 0 saturated carbocycles. The Hall–Kier alpha value is -0.397. The number of benzene rings is 1. The standard InChI is InChI=1S/C19H19O.2ClH.Zr/c1-13(2)19-17-6-4-3-5-15(17)12-18(19)16-8-7-14(11-16)9-10-20;;;/h3-7,11,20H,8-10H2,1-2H3;2*1H;/q-1;;;+3/p-2. The van der Waals surface area contributed by atoms with Gasteiger partial charge in [0.1, 0.15) is 0 Å². The Morgan fingerprint density at radius 2 is 1.87 bits per heavy atom. The van der Waals surface area contributed by atoms with E-state index in [9.17, 15) is 0 Å². The topological polar surface area (TPSA) is 20.2 Å². The van der Waals surface area contributed by atoms with Crippen LogP contribution in [0.3, 0.4) is 0 Å². The Morgan fingerprint density at radius 1 is 1.17 bits per heavy atom. The monoisotopic (exact) mass is 423 g/mol. The summed E-state index contributed by atoms with van der Waals surface area (Å²) in [4.78, 5) is 0. The Kier molecular flexibility index (Phi) is 9.62. The van der Waals surface area contributed by atoms with Gasteiger partial charge in [0.2, 0.25) is 0 Å². The third kappa shape index (κ3) is 4.57. The molecule has 0 fully saturated rings. The van der Waals surface area contributed by atoms with Crippen molar-refractivity contribution in [3.05, 3.63) is 75.9 Å². The summed E-state index contributed by atoms with van der Waals surface area (Å²) < 4.78 is 0. The van der Waals surface area contributed by atoms with Gasteiger partial charge in [-0.3, -0.25) is 0 Å². The summed E-state index contributed by atoms with van der Waals surface area (Å²) >= 11 is 0. The molecule has 0 saturated heterocycles. The molecule has 4 heteroatoms. The Labute approximate surface area is 170 Å². The molecule has 0 atom stereocenters. The maximum Gasteiger partial charge on any atom is 3.00 e. The van der Waals surface area contributed by atoms with E-state index in [-0.39, 0.29) is 57.6 Å². The molecule has 2 aliphatic rings. The van der Waals surface area contributed by atoms with E-state index < -0.39 is 0 Å². The molecule has 119 valence electrons. The van der Waals surface area contributed by atoms with Crippen LogP contribution in [0.1, 0.15) is 37.8 Å². The summed E-state index contributed by atoms with van der Waals surface area (Å²) in [6.07, 6.45) is 9.69. The molecule has 0 unspecified atom stereocenters. The van der Waals surface area contributed by atoms with Crippen LogP contribution in [0.15, 0.2) is 58.7 Å². The van der Waals surface area contributed by atoms with Gasteiger partial charge in [0.15, 0.2) is 0 Å². The second-order valence-corrected chi connectivity index (χ2v) is 5.55. The van der Waals surface area contributed by atoms with E-state index in [1.165, 1.54) is 39.0 Å². The predicted octanol–water partition coefficient (Wildman–Crippen LogP) is -1.78. The van der Waals surface area contributed by atoms with E-state index in [1.807, 2.05) is 0 Å². The smallest absolute Gasteiger partial charge is 1.00 e. The van der Waals surface area contributed by atoms with Crippen molar-refractivity contribution in [3.8, 4) is 0 Å². The van der Waals surface area contributed by atoms with Gasteiger partial charge < -0.3 is 29.9 Å². The van der Waals surface area contributed by atoms with E-state index >= 15 is 0 Å². The van der Waals surface area contributed by atoms with Gasteiger partial charge in [0.05, 0.1) is 0 Å². The molecule has 0 bridgehead atoms. The summed E-state index contributed by atoms with van der Waals surface area (Å²) in [5, 5.41) is 9.06. The Morgan fingerprint density at radius 3 is 2.52 bits per heavy atom. The van der Waals surface area contributed by atoms with Crippen molar-refractivity contribution in [1.82, 2.24) is 0 Å². The molecule has 1 N–H and O–H groups in total. The normalized spacial score (nSPS) is 14.6. The number of allylic oxidation sites excluding steroid dienone is 6. The van der Waals surface area contributed by atoms with Crippen LogP contribution in [0.5, 0.6) is 0 Å². The van der Waals surface area contributed by atoms with Crippen LogP contribution in [0.4, 0.5) is 0 Å². The second-order valence-electron chi connectivity index (χ2n) is 5.55. The molecule has 2 aliphatic carbocycles. The van der Waals surface area contributed by atoms with E-state index in [1.54, 1.807) is 0 Å². The number of rotatable bonds is 3. The molecule has 1 aromatic rings. The van der Waals surface area contributed by atoms with Gasteiger partial charge in [-0.1, -0.05) is 49.8 Å². The maximum atomic E-state index is 9.06. The summed E-state index contributed by atoms with van der Waals surface area (Å²) in [5.74, 6) is 0. The minimum absolute atomic E-state index is 0. The molecule has 1 aromatic carbocycles. The molecular formula is C19H19Cl2OZr. The average Bonchev–Trinajstić information content (AvgIpc) is 3.02. The first-order chi connectivity index (χ1) is 9.70. The van der Waals surface area contributed by atoms with E-state index in [0.29, 0.717) is 0 Å². The SMILES string of the molecule is CC(C)=C1C(C2=CC(CCO)=CC2)=[C-]c2ccccc21.[Cl-].[Cl-].[Zr+3]. The molecular weight excluding hydrogens is 406 g/mol. The number of aliphatic hydroxyl groups excluding tert-OH is 1. The second kappa shape index (κ2) is 9.79. The van der Waals surface area contributed by atoms with Crippen LogP contribution >= 0.6 is 0 Å². The first kappa shape index (κ1) is 22.6. The molecule has 0 aliphatic heterocycles. The molecule has 1 radical (unpaired) electrons. The van der Waals surface area contributed by atoms with Crippen molar-refractivity contribution >= 4 is 5.57 Å². The van der Waals surface area contributed by atoms with Gasteiger partial charge in [-0.25, -0.2) is 0 Å². The van der Waals surface area contributed by atoms with Gasteiger partial charge >= 0.3 is 26.2 Å². The van der Waals surface area contributed by atoms with E-state index in [2.05, 4.69) is 56.3 Å². The van der Waals surface area contributed by atoms with Gasteiger partial charge in [-0.15, -0.1) is 45.6 Å². The van der Waals surface area contributed by atoms with Crippen molar-refractivity contribution in [2.45, 2.75) is 26.7 Å². The average molecular weight is 425 g/mol. The first-order valence-electron chi connectivity index (χ1n) is 7.12. The summed E-state index contributed by atoms with van der Waals surface area (Å²) in [6.45, 7) is 4.54. The zero-order valence-electron chi connectivity index (χ0n) is 13.3. The largest absolute Gasteiger partial charge is 3.00 e. The van der Waals surface area contributed by atoms with Gasteiger partial charge in [0.25, 0.3) is 0 Å². The van der Waals surface area contributed by atoms with Gasteiger partial charge in [-0.2, -0.15) is 0 Å². The fourth-order valence-electron chi connectivity index (χ4n) is 2.96. The third-order valence-corrected chi connectivity index (χ3v) is 3.87. The minimum Gasteiger partial charge on any atom is -1.00 e. The third-order valence-electron chi connectivity index (χ3n) is 3.87. The Balaban J connectivity index is 0.00000161.